The van der Waals surface area contributed by atoms with Gasteiger partial charge < -0.3 is 4.90 Å². The molecule has 1 fully saturated rings. The van der Waals surface area contributed by atoms with Gasteiger partial charge in [-0.1, -0.05) is 43.7 Å². The van der Waals surface area contributed by atoms with Crippen LogP contribution in [0, 0.1) is 12.8 Å². The number of hydrogen-bond donors (Lipinski definition) is 0. The molecule has 2 rings (SSSR count). The summed E-state index contributed by atoms with van der Waals surface area (Å²) in [5.41, 5.74) is 2.51. The van der Waals surface area contributed by atoms with Gasteiger partial charge in [0.2, 0.25) is 5.91 Å². The van der Waals surface area contributed by atoms with E-state index in [4.69, 9.17) is 0 Å². The van der Waals surface area contributed by atoms with Crippen LogP contribution in [0.5, 0.6) is 0 Å². The van der Waals surface area contributed by atoms with Crippen LogP contribution < -0.4 is 0 Å². The molecule has 1 aliphatic rings. The lowest BCUT2D eigenvalue weighted by atomic mass is 10.1. The van der Waals surface area contributed by atoms with E-state index < -0.39 is 0 Å². The molecule has 98 valence electrons. The van der Waals surface area contributed by atoms with E-state index in [0.717, 1.165) is 13.0 Å². The molecule has 1 unspecified atom stereocenters. The SMILES string of the molecule is CCC(C)C(=O)N(Cc1cccc(C)c1)C1CC1. The average Bonchev–Trinajstić information content (AvgIpc) is 3.18. The third-order valence-corrected chi connectivity index (χ3v) is 3.74. The minimum Gasteiger partial charge on any atom is -0.335 e. The van der Waals surface area contributed by atoms with Crippen LogP contribution in [-0.4, -0.2) is 16.8 Å². The normalized spacial score (nSPS) is 16.4. The molecule has 0 bridgehead atoms. The van der Waals surface area contributed by atoms with Crippen molar-refractivity contribution < 1.29 is 4.79 Å². The standard InChI is InChI=1S/C16H23NO/c1-4-13(3)16(18)17(15-8-9-15)11-14-7-5-6-12(2)10-14/h5-7,10,13,15H,4,8-9,11H2,1-3H3. The van der Waals surface area contributed by atoms with E-state index in [1.54, 1.807) is 0 Å². The molecule has 1 aromatic rings. The summed E-state index contributed by atoms with van der Waals surface area (Å²) in [6.07, 6.45) is 3.28. The van der Waals surface area contributed by atoms with Gasteiger partial charge in [0.1, 0.15) is 0 Å². The summed E-state index contributed by atoms with van der Waals surface area (Å²) < 4.78 is 0. The lowest BCUT2D eigenvalue weighted by molar-refractivity contribution is -0.136. The van der Waals surface area contributed by atoms with Gasteiger partial charge in [0.15, 0.2) is 0 Å². The molecule has 2 nitrogen and oxygen atoms in total. The zero-order valence-corrected chi connectivity index (χ0v) is 11.6. The van der Waals surface area contributed by atoms with Gasteiger partial charge in [-0.25, -0.2) is 0 Å². The maximum absolute atomic E-state index is 12.4. The van der Waals surface area contributed by atoms with Gasteiger partial charge in [0, 0.05) is 18.5 Å². The molecule has 1 aromatic carbocycles. The molecule has 0 aliphatic heterocycles. The molecule has 0 spiro atoms. The number of amides is 1. The Balaban J connectivity index is 2.09. The number of hydrogen-bond acceptors (Lipinski definition) is 1. The van der Waals surface area contributed by atoms with Crippen molar-refractivity contribution in [2.75, 3.05) is 0 Å². The second-order valence-corrected chi connectivity index (χ2v) is 5.50. The Morgan fingerprint density at radius 2 is 2.17 bits per heavy atom. The zero-order valence-electron chi connectivity index (χ0n) is 11.6. The van der Waals surface area contributed by atoms with Crippen molar-refractivity contribution in [2.45, 2.75) is 52.6 Å². The first kappa shape index (κ1) is 13.1. The number of nitrogens with zero attached hydrogens (tertiary/aromatic N) is 1. The fourth-order valence-corrected chi connectivity index (χ4v) is 2.24. The molecule has 0 saturated heterocycles. The first-order chi connectivity index (χ1) is 8.61. The highest BCUT2D eigenvalue weighted by Gasteiger charge is 2.33. The Morgan fingerprint density at radius 3 is 2.72 bits per heavy atom. The molecule has 18 heavy (non-hydrogen) atoms. The number of carbonyl (C=O) groups is 1. The second-order valence-electron chi connectivity index (χ2n) is 5.50. The van der Waals surface area contributed by atoms with Gasteiger partial charge in [-0.05, 0) is 31.7 Å². The van der Waals surface area contributed by atoms with Crippen molar-refractivity contribution in [1.29, 1.82) is 0 Å². The highest BCUT2D eigenvalue weighted by atomic mass is 16.2. The van der Waals surface area contributed by atoms with E-state index >= 15 is 0 Å². The lowest BCUT2D eigenvalue weighted by Gasteiger charge is -2.25. The van der Waals surface area contributed by atoms with Crippen LogP contribution in [-0.2, 0) is 11.3 Å². The van der Waals surface area contributed by atoms with E-state index in [2.05, 4.69) is 43.0 Å². The molecule has 0 N–H and O–H groups in total. The summed E-state index contributed by atoms with van der Waals surface area (Å²) in [6.45, 7) is 6.99. The predicted molar refractivity (Wildman–Crippen MR) is 74.2 cm³/mol. The summed E-state index contributed by atoms with van der Waals surface area (Å²) in [5.74, 6) is 0.469. The van der Waals surface area contributed by atoms with Crippen LogP contribution in [0.2, 0.25) is 0 Å². The molecule has 1 saturated carbocycles. The van der Waals surface area contributed by atoms with Crippen LogP contribution in [0.25, 0.3) is 0 Å². The summed E-state index contributed by atoms with van der Waals surface area (Å²) in [4.78, 5) is 14.5. The highest BCUT2D eigenvalue weighted by Crippen LogP contribution is 2.30. The maximum atomic E-state index is 12.4. The molecule has 1 aliphatic carbocycles. The van der Waals surface area contributed by atoms with Crippen molar-refractivity contribution in [3.8, 4) is 0 Å². The Hall–Kier alpha value is -1.31. The van der Waals surface area contributed by atoms with E-state index in [-0.39, 0.29) is 5.92 Å². The van der Waals surface area contributed by atoms with E-state index in [9.17, 15) is 4.79 Å². The van der Waals surface area contributed by atoms with Gasteiger partial charge in [-0.15, -0.1) is 0 Å². The van der Waals surface area contributed by atoms with Crippen LogP contribution in [0.15, 0.2) is 24.3 Å². The smallest absolute Gasteiger partial charge is 0.225 e. The number of carbonyl (C=O) groups excluding carboxylic acids is 1. The minimum atomic E-state index is 0.149. The lowest BCUT2D eigenvalue weighted by Crippen LogP contribution is -2.36. The minimum absolute atomic E-state index is 0.149. The molecule has 1 atom stereocenters. The first-order valence-corrected chi connectivity index (χ1v) is 6.97. The summed E-state index contributed by atoms with van der Waals surface area (Å²) in [5, 5.41) is 0. The Labute approximate surface area is 110 Å². The predicted octanol–water partition coefficient (Wildman–Crippen LogP) is 3.53. The number of rotatable bonds is 5. The monoisotopic (exact) mass is 245 g/mol. The number of aryl methyl sites for hydroxylation is 1. The Kier molecular flexibility index (Phi) is 4.05. The Morgan fingerprint density at radius 1 is 1.44 bits per heavy atom. The molecule has 2 heteroatoms. The van der Waals surface area contributed by atoms with Crippen LogP contribution >= 0.6 is 0 Å². The molecular weight excluding hydrogens is 222 g/mol. The third-order valence-electron chi connectivity index (χ3n) is 3.74. The van der Waals surface area contributed by atoms with Crippen molar-refractivity contribution in [2.24, 2.45) is 5.92 Å². The zero-order chi connectivity index (χ0) is 13.1. The van der Waals surface area contributed by atoms with E-state index in [0.29, 0.717) is 11.9 Å². The first-order valence-electron chi connectivity index (χ1n) is 6.97. The van der Waals surface area contributed by atoms with Gasteiger partial charge in [0.05, 0.1) is 0 Å². The fourth-order valence-electron chi connectivity index (χ4n) is 2.24. The van der Waals surface area contributed by atoms with Gasteiger partial charge >= 0.3 is 0 Å². The van der Waals surface area contributed by atoms with Crippen molar-refractivity contribution in [3.05, 3.63) is 35.4 Å². The Bertz CT molecular complexity index is 423. The van der Waals surface area contributed by atoms with E-state index in [1.165, 1.54) is 24.0 Å². The molecular formula is C16H23NO. The average molecular weight is 245 g/mol. The van der Waals surface area contributed by atoms with Crippen molar-refractivity contribution in [1.82, 2.24) is 4.90 Å². The summed E-state index contributed by atoms with van der Waals surface area (Å²) in [7, 11) is 0. The quantitative estimate of drug-likeness (QED) is 0.777. The molecule has 0 radical (unpaired) electrons. The highest BCUT2D eigenvalue weighted by molar-refractivity contribution is 5.79. The molecule has 0 heterocycles. The van der Waals surface area contributed by atoms with E-state index in [1.807, 2.05) is 6.92 Å². The van der Waals surface area contributed by atoms with Crippen LogP contribution in [0.4, 0.5) is 0 Å². The van der Waals surface area contributed by atoms with Crippen LogP contribution in [0.3, 0.4) is 0 Å². The summed E-state index contributed by atoms with van der Waals surface area (Å²) >= 11 is 0. The topological polar surface area (TPSA) is 20.3 Å². The van der Waals surface area contributed by atoms with Gasteiger partial charge in [-0.2, -0.15) is 0 Å². The fraction of sp³-hybridized carbons (Fsp3) is 0.562. The molecule has 1 amide bonds. The van der Waals surface area contributed by atoms with Gasteiger partial charge in [0.25, 0.3) is 0 Å². The second kappa shape index (κ2) is 5.55. The molecule has 0 aromatic heterocycles. The van der Waals surface area contributed by atoms with Gasteiger partial charge in [-0.3, -0.25) is 4.79 Å². The largest absolute Gasteiger partial charge is 0.335 e. The van der Waals surface area contributed by atoms with Crippen molar-refractivity contribution in [3.63, 3.8) is 0 Å². The maximum Gasteiger partial charge on any atom is 0.225 e. The summed E-state index contributed by atoms with van der Waals surface area (Å²) in [6, 6.07) is 8.96. The van der Waals surface area contributed by atoms with Crippen LogP contribution in [0.1, 0.15) is 44.2 Å². The third kappa shape index (κ3) is 3.12. The number of benzene rings is 1. The van der Waals surface area contributed by atoms with Crippen molar-refractivity contribution >= 4 is 5.91 Å².